The van der Waals surface area contributed by atoms with Crippen LogP contribution in [0.25, 0.3) is 0 Å². The van der Waals surface area contributed by atoms with Crippen molar-refractivity contribution < 1.29 is 17.7 Å². The van der Waals surface area contributed by atoms with E-state index in [1.807, 2.05) is 12.1 Å². The van der Waals surface area contributed by atoms with Gasteiger partial charge in [-0.1, -0.05) is 25.1 Å². The van der Waals surface area contributed by atoms with Crippen molar-refractivity contribution in [3.05, 3.63) is 41.5 Å². The topological polar surface area (TPSA) is 89.6 Å². The Labute approximate surface area is 149 Å². The number of hydrogen-bond donors (Lipinski definition) is 2. The lowest BCUT2D eigenvalue weighted by Gasteiger charge is -2.50. The van der Waals surface area contributed by atoms with Gasteiger partial charge in [0, 0.05) is 5.41 Å². The Morgan fingerprint density at radius 3 is 2.84 bits per heavy atom. The molecule has 136 valence electrons. The molecule has 3 aliphatic rings. The van der Waals surface area contributed by atoms with Gasteiger partial charge in [0.05, 0.1) is 6.10 Å². The van der Waals surface area contributed by atoms with Crippen LogP contribution in [0.4, 0.5) is 0 Å². The number of aryl methyl sites for hydroxylation is 1. The molecular weight excluding hydrogens is 338 g/mol. The molecule has 1 aromatic carbocycles. The van der Waals surface area contributed by atoms with Crippen LogP contribution >= 0.6 is 0 Å². The summed E-state index contributed by atoms with van der Waals surface area (Å²) >= 11 is 0. The molecule has 25 heavy (non-hydrogen) atoms. The fraction of sp³-hybridized carbons (Fsp3) is 0.579. The Kier molecular flexibility index (Phi) is 3.80. The Morgan fingerprint density at radius 1 is 1.36 bits per heavy atom. The highest BCUT2D eigenvalue weighted by atomic mass is 32.2. The number of benzene rings is 1. The second-order valence-electron chi connectivity index (χ2n) is 8.15. The maximum Gasteiger partial charge on any atom is 0.380 e. The van der Waals surface area contributed by atoms with Crippen molar-refractivity contribution in [2.24, 2.45) is 22.4 Å². The summed E-state index contributed by atoms with van der Waals surface area (Å²) in [5.74, 6) is 1.59. The van der Waals surface area contributed by atoms with Gasteiger partial charge in [0.1, 0.15) is 5.75 Å². The normalized spacial score (nSPS) is 37.2. The smallest absolute Gasteiger partial charge is 0.380 e. The molecule has 0 aromatic heterocycles. The first-order valence-corrected chi connectivity index (χ1v) is 10.4. The summed E-state index contributed by atoms with van der Waals surface area (Å²) < 4.78 is 27.1. The zero-order valence-corrected chi connectivity index (χ0v) is 15.3. The van der Waals surface area contributed by atoms with Gasteiger partial charge in [-0.15, -0.1) is 0 Å². The van der Waals surface area contributed by atoms with Crippen LogP contribution in [0.3, 0.4) is 0 Å². The van der Waals surface area contributed by atoms with Crippen molar-refractivity contribution >= 4 is 10.3 Å². The molecule has 0 radical (unpaired) electrons. The SMILES string of the molecule is C=C1C[C@H](O)[C@@]2(C)CC[C@@H]3c4ccc(OS(N)(=O)=O)cc4CC[C@H]3[C@H]12. The van der Waals surface area contributed by atoms with Crippen molar-refractivity contribution in [2.75, 3.05) is 0 Å². The first-order chi connectivity index (χ1) is 11.7. The van der Waals surface area contributed by atoms with E-state index in [9.17, 15) is 13.5 Å². The maximum atomic E-state index is 11.1. The largest absolute Gasteiger partial charge is 0.392 e. The van der Waals surface area contributed by atoms with E-state index in [4.69, 9.17) is 9.32 Å². The van der Waals surface area contributed by atoms with Crippen LogP contribution in [-0.2, 0) is 16.7 Å². The molecule has 6 heteroatoms. The Hall–Kier alpha value is -1.37. The van der Waals surface area contributed by atoms with Gasteiger partial charge in [-0.05, 0) is 73.1 Å². The highest BCUT2D eigenvalue weighted by molar-refractivity contribution is 7.84. The lowest BCUT2D eigenvalue weighted by Crippen LogP contribution is -2.44. The van der Waals surface area contributed by atoms with E-state index in [0.717, 1.165) is 37.7 Å². The summed E-state index contributed by atoms with van der Waals surface area (Å²) in [6.45, 7) is 6.49. The lowest BCUT2D eigenvalue weighted by molar-refractivity contribution is -0.0178. The monoisotopic (exact) mass is 363 g/mol. The molecule has 3 N–H and O–H groups in total. The fourth-order valence-electron chi connectivity index (χ4n) is 5.73. The molecule has 0 saturated heterocycles. The Morgan fingerprint density at radius 2 is 2.12 bits per heavy atom. The first kappa shape index (κ1) is 17.1. The van der Waals surface area contributed by atoms with Crippen molar-refractivity contribution in [3.63, 3.8) is 0 Å². The molecule has 5 nitrogen and oxygen atoms in total. The van der Waals surface area contributed by atoms with E-state index in [2.05, 4.69) is 13.5 Å². The van der Waals surface area contributed by atoms with Crippen LogP contribution in [-0.4, -0.2) is 19.6 Å². The predicted molar refractivity (Wildman–Crippen MR) is 95.3 cm³/mol. The molecule has 0 aliphatic heterocycles. The molecule has 1 aromatic rings. The second kappa shape index (κ2) is 5.56. The molecule has 4 rings (SSSR count). The third-order valence-electron chi connectivity index (χ3n) is 6.78. The summed E-state index contributed by atoms with van der Waals surface area (Å²) in [5.41, 5.74) is 3.58. The first-order valence-electron chi connectivity index (χ1n) is 8.90. The number of hydrogen-bond acceptors (Lipinski definition) is 4. The van der Waals surface area contributed by atoms with Gasteiger partial charge < -0.3 is 9.29 Å². The standard InChI is InChI=1S/C19H25NO4S/c1-11-9-17(21)19(2)8-7-15-14-6-4-13(24-25(20,22)23)10-12(14)3-5-16(15)18(11)19/h4,6,10,15-18,21H,1,3,5,7-9H2,2H3,(H2,20,22,23)/t15-,16-,17+,18+,19-/m1/s1. The highest BCUT2D eigenvalue weighted by Gasteiger charge is 2.56. The van der Waals surface area contributed by atoms with Crippen LogP contribution in [0.15, 0.2) is 30.4 Å². The van der Waals surface area contributed by atoms with Gasteiger partial charge in [0.2, 0.25) is 0 Å². The molecule has 5 atom stereocenters. The summed E-state index contributed by atoms with van der Waals surface area (Å²) in [6.07, 6.45) is 4.39. The zero-order valence-electron chi connectivity index (χ0n) is 14.4. The van der Waals surface area contributed by atoms with Gasteiger partial charge in [-0.25, -0.2) is 0 Å². The molecule has 3 aliphatic carbocycles. The van der Waals surface area contributed by atoms with E-state index in [1.54, 1.807) is 6.07 Å². The summed E-state index contributed by atoms with van der Waals surface area (Å²) in [5, 5.41) is 15.5. The second-order valence-corrected chi connectivity index (χ2v) is 9.30. The Balaban J connectivity index is 1.67. The molecule has 2 fully saturated rings. The highest BCUT2D eigenvalue weighted by Crippen LogP contribution is 2.62. The number of aliphatic hydroxyl groups excluding tert-OH is 1. The van der Waals surface area contributed by atoms with Gasteiger partial charge in [-0.3, -0.25) is 0 Å². The third kappa shape index (κ3) is 2.71. The van der Waals surface area contributed by atoms with E-state index >= 15 is 0 Å². The predicted octanol–water partition coefficient (Wildman–Crippen LogP) is 2.65. The van der Waals surface area contributed by atoms with E-state index in [0.29, 0.717) is 17.8 Å². The van der Waals surface area contributed by atoms with Crippen LogP contribution < -0.4 is 9.32 Å². The van der Waals surface area contributed by atoms with Crippen LogP contribution in [0.2, 0.25) is 0 Å². The summed E-state index contributed by atoms with van der Waals surface area (Å²) in [6, 6.07) is 5.49. The van der Waals surface area contributed by atoms with Crippen molar-refractivity contribution in [1.82, 2.24) is 0 Å². The van der Waals surface area contributed by atoms with E-state index < -0.39 is 10.3 Å². The van der Waals surface area contributed by atoms with E-state index in [1.165, 1.54) is 11.1 Å². The molecule has 0 bridgehead atoms. The van der Waals surface area contributed by atoms with Crippen molar-refractivity contribution in [1.29, 1.82) is 0 Å². The van der Waals surface area contributed by atoms with Crippen LogP contribution in [0.1, 0.15) is 49.7 Å². The Bertz CT molecular complexity index is 834. The zero-order chi connectivity index (χ0) is 18.0. The molecular formula is C19H25NO4S. The van der Waals surface area contributed by atoms with Crippen LogP contribution in [0, 0.1) is 17.3 Å². The minimum Gasteiger partial charge on any atom is -0.392 e. The molecule has 0 heterocycles. The number of rotatable bonds is 2. The van der Waals surface area contributed by atoms with Gasteiger partial charge in [0.25, 0.3) is 0 Å². The fourth-order valence-corrected chi connectivity index (χ4v) is 6.10. The molecule has 2 saturated carbocycles. The summed E-state index contributed by atoms with van der Waals surface area (Å²) in [4.78, 5) is 0. The average molecular weight is 363 g/mol. The van der Waals surface area contributed by atoms with Crippen molar-refractivity contribution in [2.45, 2.75) is 51.0 Å². The van der Waals surface area contributed by atoms with Crippen molar-refractivity contribution in [3.8, 4) is 5.75 Å². The molecule has 0 amide bonds. The minimum absolute atomic E-state index is 0.0492. The third-order valence-corrected chi connectivity index (χ3v) is 7.20. The molecule has 0 spiro atoms. The van der Waals surface area contributed by atoms with E-state index in [-0.39, 0.29) is 17.3 Å². The maximum absolute atomic E-state index is 11.1. The quantitative estimate of drug-likeness (QED) is 0.791. The lowest BCUT2D eigenvalue weighted by atomic mass is 9.55. The number of aliphatic hydroxyl groups is 1. The number of fused-ring (bicyclic) bond motifs is 5. The average Bonchev–Trinajstić information content (AvgIpc) is 2.75. The molecule has 0 unspecified atom stereocenters. The van der Waals surface area contributed by atoms with Crippen LogP contribution in [0.5, 0.6) is 5.75 Å². The number of nitrogens with two attached hydrogens (primary N) is 1. The van der Waals surface area contributed by atoms with Gasteiger partial charge in [-0.2, -0.15) is 13.6 Å². The minimum atomic E-state index is -4.00. The van der Waals surface area contributed by atoms with Gasteiger partial charge in [0.15, 0.2) is 0 Å². The van der Waals surface area contributed by atoms with Gasteiger partial charge >= 0.3 is 10.3 Å². The summed E-state index contributed by atoms with van der Waals surface area (Å²) in [7, 11) is -4.00.